The van der Waals surface area contributed by atoms with Crippen molar-refractivity contribution in [2.24, 2.45) is 0 Å². The van der Waals surface area contributed by atoms with Crippen molar-refractivity contribution in [3.05, 3.63) is 57.6 Å². The quantitative estimate of drug-likeness (QED) is 0.352. The zero-order valence-corrected chi connectivity index (χ0v) is 21.0. The van der Waals surface area contributed by atoms with Gasteiger partial charge in [-0.2, -0.15) is 0 Å². The molecule has 2 fully saturated rings. The third-order valence-corrected chi connectivity index (χ3v) is 7.56. The number of amides is 1. The average Bonchev–Trinajstić information content (AvgIpc) is 3.32. The number of nitro benzene ring substituents is 1. The molecule has 0 N–H and O–H groups in total. The van der Waals surface area contributed by atoms with E-state index in [1.54, 1.807) is 17.0 Å². The fraction of sp³-hybridized carbons (Fsp3) is 0.440. The van der Waals surface area contributed by atoms with Crippen LogP contribution in [0, 0.1) is 17.0 Å². The lowest BCUT2D eigenvalue weighted by atomic mass is 10.1. The normalized spacial score (nSPS) is 16.9. The van der Waals surface area contributed by atoms with E-state index in [4.69, 9.17) is 14.5 Å². The van der Waals surface area contributed by atoms with Gasteiger partial charge in [0.05, 0.1) is 41.6 Å². The molecular weight excluding hydrogens is 482 g/mol. The molecule has 0 aliphatic carbocycles. The molecule has 0 bridgehead atoms. The fourth-order valence-corrected chi connectivity index (χ4v) is 5.60. The maximum atomic E-state index is 13.8. The van der Waals surface area contributed by atoms with Gasteiger partial charge in [-0.1, -0.05) is 17.4 Å². The Morgan fingerprint density at radius 2 is 1.81 bits per heavy atom. The predicted octanol–water partition coefficient (Wildman–Crippen LogP) is 3.33. The van der Waals surface area contributed by atoms with Crippen LogP contribution in [0.25, 0.3) is 10.2 Å². The first-order chi connectivity index (χ1) is 17.5. The fourth-order valence-electron chi connectivity index (χ4n) is 4.52. The lowest BCUT2D eigenvalue weighted by Crippen LogP contribution is -2.43. The number of nitrogens with zero attached hydrogens (tertiary/aromatic N) is 5. The van der Waals surface area contributed by atoms with E-state index in [-0.39, 0.29) is 17.2 Å². The molecule has 0 radical (unpaired) electrons. The molecule has 5 rings (SSSR count). The lowest BCUT2D eigenvalue weighted by molar-refractivity contribution is -0.384. The van der Waals surface area contributed by atoms with E-state index in [1.807, 2.05) is 24.0 Å². The largest absolute Gasteiger partial charge is 0.379 e. The van der Waals surface area contributed by atoms with Gasteiger partial charge in [0, 0.05) is 50.9 Å². The first-order valence-corrected chi connectivity index (χ1v) is 12.9. The van der Waals surface area contributed by atoms with Gasteiger partial charge < -0.3 is 14.4 Å². The van der Waals surface area contributed by atoms with Crippen molar-refractivity contribution < 1.29 is 19.2 Å². The summed E-state index contributed by atoms with van der Waals surface area (Å²) in [5.41, 5.74) is 2.67. The first-order valence-electron chi connectivity index (χ1n) is 12.1. The Morgan fingerprint density at radius 3 is 2.53 bits per heavy atom. The van der Waals surface area contributed by atoms with E-state index >= 15 is 0 Å². The SMILES string of the molecule is Cc1ccc2nc(N(CCN3CCOCC3)C(=O)c3ccc(N4CCOCC4)c([N+](=O)[O-])c3)sc2c1. The van der Waals surface area contributed by atoms with E-state index in [0.717, 1.165) is 28.9 Å². The Labute approximate surface area is 213 Å². The van der Waals surface area contributed by atoms with E-state index in [2.05, 4.69) is 11.0 Å². The summed E-state index contributed by atoms with van der Waals surface area (Å²) in [6.45, 7) is 8.25. The number of anilines is 2. The number of carbonyl (C=O) groups is 1. The van der Waals surface area contributed by atoms with Crippen LogP contribution in [0.2, 0.25) is 0 Å². The van der Waals surface area contributed by atoms with Crippen molar-refractivity contribution in [3.8, 4) is 0 Å². The summed E-state index contributed by atoms with van der Waals surface area (Å²) >= 11 is 1.46. The summed E-state index contributed by atoms with van der Waals surface area (Å²) in [6, 6.07) is 10.8. The lowest BCUT2D eigenvalue weighted by Gasteiger charge is -2.30. The van der Waals surface area contributed by atoms with Crippen LogP contribution >= 0.6 is 11.3 Å². The standard InChI is InChI=1S/C25H29N5O5S/c1-18-2-4-20-23(16-18)36-25(26-20)29(7-6-27-8-12-34-13-9-27)24(31)19-3-5-21(22(17-19)30(32)33)28-10-14-35-15-11-28/h2-5,16-17H,6-15H2,1H3. The van der Waals surface area contributed by atoms with Gasteiger partial charge in [0.1, 0.15) is 5.69 Å². The highest BCUT2D eigenvalue weighted by Crippen LogP contribution is 2.33. The van der Waals surface area contributed by atoms with Gasteiger partial charge in [0.15, 0.2) is 5.13 Å². The van der Waals surface area contributed by atoms with Gasteiger partial charge in [-0.15, -0.1) is 0 Å². The molecule has 36 heavy (non-hydrogen) atoms. The highest BCUT2D eigenvalue weighted by atomic mass is 32.1. The zero-order valence-electron chi connectivity index (χ0n) is 20.2. The van der Waals surface area contributed by atoms with Crippen LogP contribution in [-0.4, -0.2) is 86.4 Å². The number of hydrogen-bond donors (Lipinski definition) is 0. The van der Waals surface area contributed by atoms with Crippen molar-refractivity contribution in [3.63, 3.8) is 0 Å². The molecule has 2 saturated heterocycles. The Bertz CT molecular complexity index is 1250. The topological polar surface area (TPSA) is 101 Å². The van der Waals surface area contributed by atoms with Crippen molar-refractivity contribution in [2.75, 3.05) is 75.5 Å². The van der Waals surface area contributed by atoms with Crippen molar-refractivity contribution in [2.45, 2.75) is 6.92 Å². The van der Waals surface area contributed by atoms with Crippen LogP contribution in [0.5, 0.6) is 0 Å². The summed E-state index contributed by atoms with van der Waals surface area (Å²) in [4.78, 5) is 35.9. The molecule has 0 atom stereocenters. The first kappa shape index (κ1) is 24.6. The summed E-state index contributed by atoms with van der Waals surface area (Å²) in [6.07, 6.45) is 0. The summed E-state index contributed by atoms with van der Waals surface area (Å²) in [7, 11) is 0. The molecular formula is C25H29N5O5S. The van der Waals surface area contributed by atoms with E-state index in [9.17, 15) is 14.9 Å². The summed E-state index contributed by atoms with van der Waals surface area (Å²) in [5, 5.41) is 12.5. The van der Waals surface area contributed by atoms with Crippen LogP contribution in [0.3, 0.4) is 0 Å². The minimum absolute atomic E-state index is 0.0733. The maximum absolute atomic E-state index is 13.8. The van der Waals surface area contributed by atoms with Crippen LogP contribution in [0.4, 0.5) is 16.5 Å². The van der Waals surface area contributed by atoms with Gasteiger partial charge >= 0.3 is 0 Å². The number of hydrogen-bond acceptors (Lipinski definition) is 9. The molecule has 1 aromatic heterocycles. The molecule has 11 heteroatoms. The molecule has 3 aromatic rings. The van der Waals surface area contributed by atoms with Crippen molar-refractivity contribution in [1.82, 2.24) is 9.88 Å². The maximum Gasteiger partial charge on any atom is 0.293 e. The Kier molecular flexibility index (Phi) is 7.42. The second-order valence-electron chi connectivity index (χ2n) is 8.94. The number of ether oxygens (including phenoxy) is 2. The van der Waals surface area contributed by atoms with Crippen LogP contribution in [0.15, 0.2) is 36.4 Å². The van der Waals surface area contributed by atoms with Gasteiger partial charge in [0.2, 0.25) is 0 Å². The van der Waals surface area contributed by atoms with Gasteiger partial charge in [0.25, 0.3) is 11.6 Å². The van der Waals surface area contributed by atoms with Crippen LogP contribution in [-0.2, 0) is 9.47 Å². The minimum Gasteiger partial charge on any atom is -0.379 e. The number of carbonyl (C=O) groups excluding carboxylic acids is 1. The molecule has 2 aliphatic heterocycles. The van der Waals surface area contributed by atoms with Crippen LogP contribution < -0.4 is 9.80 Å². The number of nitro groups is 1. The number of fused-ring (bicyclic) bond motifs is 1. The summed E-state index contributed by atoms with van der Waals surface area (Å²) < 4.78 is 11.8. The van der Waals surface area contributed by atoms with Crippen molar-refractivity contribution >= 4 is 44.0 Å². The number of aryl methyl sites for hydroxylation is 1. The molecule has 3 heterocycles. The summed E-state index contributed by atoms with van der Waals surface area (Å²) in [5.74, 6) is -0.296. The second-order valence-corrected chi connectivity index (χ2v) is 9.95. The number of morpholine rings is 2. The smallest absolute Gasteiger partial charge is 0.293 e. The Balaban J connectivity index is 1.46. The number of thiazole rings is 1. The second kappa shape index (κ2) is 10.9. The molecule has 0 saturated carbocycles. The monoisotopic (exact) mass is 511 g/mol. The van der Waals surface area contributed by atoms with Crippen LogP contribution in [0.1, 0.15) is 15.9 Å². The molecule has 0 spiro atoms. The number of aromatic nitrogens is 1. The van der Waals surface area contributed by atoms with Gasteiger partial charge in [-0.3, -0.25) is 24.7 Å². The van der Waals surface area contributed by atoms with Gasteiger partial charge in [-0.25, -0.2) is 4.98 Å². The molecule has 0 unspecified atom stereocenters. The Hall–Kier alpha value is -3.12. The number of rotatable bonds is 7. The molecule has 10 nitrogen and oxygen atoms in total. The molecule has 1 amide bonds. The number of benzene rings is 2. The van der Waals surface area contributed by atoms with E-state index in [1.165, 1.54) is 17.4 Å². The highest BCUT2D eigenvalue weighted by Gasteiger charge is 2.27. The highest BCUT2D eigenvalue weighted by molar-refractivity contribution is 7.22. The average molecular weight is 512 g/mol. The third-order valence-electron chi connectivity index (χ3n) is 6.52. The molecule has 190 valence electrons. The Morgan fingerprint density at radius 1 is 1.08 bits per heavy atom. The molecule has 2 aromatic carbocycles. The molecule has 2 aliphatic rings. The van der Waals surface area contributed by atoms with E-state index < -0.39 is 4.92 Å². The zero-order chi connectivity index (χ0) is 25.1. The van der Waals surface area contributed by atoms with Gasteiger partial charge in [-0.05, 0) is 36.8 Å². The van der Waals surface area contributed by atoms with Crippen molar-refractivity contribution in [1.29, 1.82) is 0 Å². The minimum atomic E-state index is -0.417. The van der Waals surface area contributed by atoms with E-state index in [0.29, 0.717) is 63.4 Å². The third kappa shape index (κ3) is 5.34. The predicted molar refractivity (Wildman–Crippen MR) is 139 cm³/mol.